The summed E-state index contributed by atoms with van der Waals surface area (Å²) < 4.78 is 0. The lowest BCUT2D eigenvalue weighted by Gasteiger charge is -2.11. The van der Waals surface area contributed by atoms with Crippen LogP contribution in [0.1, 0.15) is 16.7 Å². The summed E-state index contributed by atoms with van der Waals surface area (Å²) in [4.78, 5) is 4.48. The van der Waals surface area contributed by atoms with Crippen LogP contribution in [0.4, 0.5) is 17.5 Å². The van der Waals surface area contributed by atoms with Gasteiger partial charge in [-0.15, -0.1) is 5.10 Å². The molecule has 2 aromatic carbocycles. The summed E-state index contributed by atoms with van der Waals surface area (Å²) in [5, 5.41) is 15.4. The van der Waals surface area contributed by atoms with E-state index in [1.165, 1.54) is 5.56 Å². The molecule has 0 bridgehead atoms. The molecule has 0 spiro atoms. The van der Waals surface area contributed by atoms with Crippen molar-refractivity contribution in [1.82, 2.24) is 15.2 Å². The number of anilines is 3. The number of benzene rings is 2. The van der Waals surface area contributed by atoms with Crippen molar-refractivity contribution in [2.24, 2.45) is 0 Å². The molecule has 0 amide bonds. The van der Waals surface area contributed by atoms with Crippen molar-refractivity contribution in [3.63, 3.8) is 0 Å². The number of hydrogen-bond donors (Lipinski definition) is 2. The van der Waals surface area contributed by atoms with Crippen molar-refractivity contribution in [1.29, 1.82) is 0 Å². The van der Waals surface area contributed by atoms with Crippen LogP contribution in [0, 0.1) is 13.8 Å². The first-order valence-corrected chi connectivity index (χ1v) is 8.51. The lowest BCUT2D eigenvalue weighted by Crippen LogP contribution is -2.09. The van der Waals surface area contributed by atoms with E-state index in [1.807, 2.05) is 30.3 Å². The van der Waals surface area contributed by atoms with Gasteiger partial charge in [-0.1, -0.05) is 41.9 Å². The normalized spacial score (nSPS) is 10.5. The first-order chi connectivity index (χ1) is 12.1. The summed E-state index contributed by atoms with van der Waals surface area (Å²) >= 11 is 5.90. The highest BCUT2D eigenvalue weighted by atomic mass is 35.5. The van der Waals surface area contributed by atoms with Crippen LogP contribution in [0.5, 0.6) is 0 Å². The number of hydrogen-bond acceptors (Lipinski definition) is 5. The van der Waals surface area contributed by atoms with E-state index in [9.17, 15) is 0 Å². The Morgan fingerprint density at radius 1 is 1.00 bits per heavy atom. The lowest BCUT2D eigenvalue weighted by atomic mass is 10.1. The third-order valence-electron chi connectivity index (χ3n) is 3.91. The molecule has 25 heavy (non-hydrogen) atoms. The fourth-order valence-electron chi connectivity index (χ4n) is 2.55. The molecule has 0 atom stereocenters. The Morgan fingerprint density at radius 3 is 2.44 bits per heavy atom. The smallest absolute Gasteiger partial charge is 0.249 e. The standard InChI is InChI=1S/C19H20ClN5/c1-13-4-3-5-14(2)18(13)24-19-23-17(12-22-25-19)21-11-10-15-6-8-16(20)9-7-15/h3-9,12H,10-11H2,1-2H3,(H2,21,23,24,25). The molecule has 0 aliphatic carbocycles. The first kappa shape index (κ1) is 17.2. The predicted octanol–water partition coefficient (Wildman–Crippen LogP) is 4.54. The number of aryl methyl sites for hydroxylation is 2. The fraction of sp³-hybridized carbons (Fsp3) is 0.211. The largest absolute Gasteiger partial charge is 0.368 e. The zero-order valence-electron chi connectivity index (χ0n) is 14.3. The van der Waals surface area contributed by atoms with Gasteiger partial charge in [0.1, 0.15) is 0 Å². The van der Waals surface area contributed by atoms with Crippen LogP contribution in [0.2, 0.25) is 5.02 Å². The van der Waals surface area contributed by atoms with Gasteiger partial charge in [0.25, 0.3) is 0 Å². The highest BCUT2D eigenvalue weighted by molar-refractivity contribution is 6.30. The molecule has 2 N–H and O–H groups in total. The number of aromatic nitrogens is 3. The SMILES string of the molecule is Cc1cccc(C)c1Nc1nncc(NCCc2ccc(Cl)cc2)n1. The van der Waals surface area contributed by atoms with E-state index in [2.05, 4.69) is 51.8 Å². The second kappa shape index (κ2) is 7.94. The van der Waals surface area contributed by atoms with Gasteiger partial charge in [-0.25, -0.2) is 0 Å². The molecular weight excluding hydrogens is 334 g/mol. The van der Waals surface area contributed by atoms with Crippen molar-refractivity contribution < 1.29 is 0 Å². The molecular formula is C19H20ClN5. The number of halogens is 1. The van der Waals surface area contributed by atoms with Gasteiger partial charge in [0, 0.05) is 17.3 Å². The second-order valence-corrected chi connectivity index (χ2v) is 6.30. The Morgan fingerprint density at radius 2 is 1.72 bits per heavy atom. The van der Waals surface area contributed by atoms with Crippen LogP contribution in [0.25, 0.3) is 0 Å². The van der Waals surface area contributed by atoms with E-state index in [0.717, 1.165) is 34.8 Å². The summed E-state index contributed by atoms with van der Waals surface area (Å²) in [5.74, 6) is 1.17. The quantitative estimate of drug-likeness (QED) is 0.681. The maximum atomic E-state index is 5.90. The number of rotatable bonds is 6. The van der Waals surface area contributed by atoms with Crippen LogP contribution >= 0.6 is 11.6 Å². The minimum absolute atomic E-state index is 0.480. The molecule has 3 aromatic rings. The van der Waals surface area contributed by atoms with Gasteiger partial charge >= 0.3 is 0 Å². The van der Waals surface area contributed by atoms with Gasteiger partial charge in [-0.05, 0) is 49.1 Å². The molecule has 5 nitrogen and oxygen atoms in total. The second-order valence-electron chi connectivity index (χ2n) is 5.86. The zero-order chi connectivity index (χ0) is 17.6. The average molecular weight is 354 g/mol. The van der Waals surface area contributed by atoms with Gasteiger partial charge in [0.2, 0.25) is 5.95 Å². The van der Waals surface area contributed by atoms with Crippen LogP contribution in [-0.2, 0) is 6.42 Å². The Bertz CT molecular complexity index is 828. The van der Waals surface area contributed by atoms with Crippen LogP contribution < -0.4 is 10.6 Å². The van der Waals surface area contributed by atoms with Gasteiger partial charge in [-0.2, -0.15) is 10.1 Å². The van der Waals surface area contributed by atoms with Crippen LogP contribution in [-0.4, -0.2) is 21.7 Å². The summed E-state index contributed by atoms with van der Waals surface area (Å²) in [6, 6.07) is 14.0. The third-order valence-corrected chi connectivity index (χ3v) is 4.16. The summed E-state index contributed by atoms with van der Waals surface area (Å²) in [6.45, 7) is 4.86. The van der Waals surface area contributed by atoms with Crippen molar-refractivity contribution in [3.05, 3.63) is 70.4 Å². The predicted molar refractivity (Wildman–Crippen MR) is 103 cm³/mol. The van der Waals surface area contributed by atoms with E-state index in [1.54, 1.807) is 6.20 Å². The Balaban J connectivity index is 1.62. The van der Waals surface area contributed by atoms with Crippen LogP contribution in [0.15, 0.2) is 48.7 Å². The maximum Gasteiger partial charge on any atom is 0.249 e. The summed E-state index contributed by atoms with van der Waals surface area (Å²) in [6.07, 6.45) is 2.50. The summed E-state index contributed by atoms with van der Waals surface area (Å²) in [7, 11) is 0. The monoisotopic (exact) mass is 353 g/mol. The fourth-order valence-corrected chi connectivity index (χ4v) is 2.68. The van der Waals surface area contributed by atoms with Crippen molar-refractivity contribution in [3.8, 4) is 0 Å². The van der Waals surface area contributed by atoms with E-state index in [-0.39, 0.29) is 0 Å². The third kappa shape index (κ3) is 4.67. The molecule has 0 radical (unpaired) electrons. The minimum atomic E-state index is 0.480. The molecule has 1 aromatic heterocycles. The molecule has 0 aliphatic heterocycles. The number of nitrogens with one attached hydrogen (secondary N) is 2. The van der Waals surface area contributed by atoms with E-state index < -0.39 is 0 Å². The topological polar surface area (TPSA) is 62.7 Å². The van der Waals surface area contributed by atoms with E-state index >= 15 is 0 Å². The van der Waals surface area contributed by atoms with E-state index in [4.69, 9.17) is 11.6 Å². The Hall–Kier alpha value is -2.66. The minimum Gasteiger partial charge on any atom is -0.368 e. The molecule has 128 valence electrons. The average Bonchev–Trinajstić information content (AvgIpc) is 2.60. The molecule has 0 aliphatic rings. The zero-order valence-corrected chi connectivity index (χ0v) is 15.0. The van der Waals surface area contributed by atoms with Gasteiger partial charge in [0.15, 0.2) is 5.82 Å². The highest BCUT2D eigenvalue weighted by Crippen LogP contribution is 2.22. The lowest BCUT2D eigenvalue weighted by molar-refractivity contribution is 0.949. The summed E-state index contributed by atoms with van der Waals surface area (Å²) in [5.41, 5.74) is 4.52. The maximum absolute atomic E-state index is 5.90. The van der Waals surface area contributed by atoms with Crippen molar-refractivity contribution in [2.45, 2.75) is 20.3 Å². The van der Waals surface area contributed by atoms with Gasteiger partial charge in [0.05, 0.1) is 6.20 Å². The van der Waals surface area contributed by atoms with E-state index in [0.29, 0.717) is 11.8 Å². The number of para-hydroxylation sites is 1. The van der Waals surface area contributed by atoms with Crippen molar-refractivity contribution in [2.75, 3.05) is 17.2 Å². The molecule has 0 saturated heterocycles. The van der Waals surface area contributed by atoms with Gasteiger partial charge < -0.3 is 10.6 Å². The number of nitrogens with zero attached hydrogens (tertiary/aromatic N) is 3. The molecule has 6 heteroatoms. The molecule has 0 unspecified atom stereocenters. The van der Waals surface area contributed by atoms with Gasteiger partial charge in [-0.3, -0.25) is 0 Å². The molecule has 0 fully saturated rings. The highest BCUT2D eigenvalue weighted by Gasteiger charge is 2.06. The Kier molecular flexibility index (Phi) is 5.46. The Labute approximate surface area is 152 Å². The molecule has 3 rings (SSSR count). The molecule has 0 saturated carbocycles. The van der Waals surface area contributed by atoms with Crippen LogP contribution in [0.3, 0.4) is 0 Å². The first-order valence-electron chi connectivity index (χ1n) is 8.13. The van der Waals surface area contributed by atoms with Crippen molar-refractivity contribution >= 4 is 29.1 Å². The molecule has 1 heterocycles.